The van der Waals surface area contributed by atoms with Crippen LogP contribution in [-0.2, 0) is 23.7 Å². The summed E-state index contributed by atoms with van der Waals surface area (Å²) in [6.07, 6.45) is 1.75. The average molecular weight is 561 g/mol. The van der Waals surface area contributed by atoms with Crippen LogP contribution in [0.5, 0.6) is 0 Å². The third-order valence-electron chi connectivity index (χ3n) is 8.24. The van der Waals surface area contributed by atoms with Gasteiger partial charge in [-0.1, -0.05) is 6.92 Å². The van der Waals surface area contributed by atoms with Gasteiger partial charge < -0.3 is 39.8 Å². The van der Waals surface area contributed by atoms with Gasteiger partial charge in [-0.15, -0.1) is 0 Å². The molecule has 0 amide bonds. The summed E-state index contributed by atoms with van der Waals surface area (Å²) in [6, 6.07) is 0. The molecule has 1 saturated heterocycles. The first kappa shape index (κ1) is 36.7. The highest BCUT2D eigenvalue weighted by molar-refractivity contribution is 4.97. The molecule has 1 rings (SSSR count). The van der Waals surface area contributed by atoms with Crippen LogP contribution in [0.1, 0.15) is 109 Å². The molecule has 1 heterocycles. The molecule has 8 nitrogen and oxygen atoms in total. The van der Waals surface area contributed by atoms with E-state index in [0.29, 0.717) is 45.8 Å². The maximum atomic E-state index is 10.8. The fraction of sp³-hybridized carbons (Fsp3) is 1.00. The molecule has 0 aromatic carbocycles. The fourth-order valence-corrected chi connectivity index (χ4v) is 3.96. The fourth-order valence-electron chi connectivity index (χ4n) is 3.96. The Hall–Kier alpha value is -0.320. The van der Waals surface area contributed by atoms with Gasteiger partial charge >= 0.3 is 0 Å². The summed E-state index contributed by atoms with van der Waals surface area (Å²) in [5, 5.41) is 14.4. The summed E-state index contributed by atoms with van der Waals surface area (Å²) in [5.74, 6) is 0.193. The molecule has 0 aromatic rings. The van der Waals surface area contributed by atoms with E-state index in [1.807, 2.05) is 20.8 Å². The van der Waals surface area contributed by atoms with Crippen molar-refractivity contribution in [3.05, 3.63) is 0 Å². The van der Waals surface area contributed by atoms with E-state index in [0.717, 1.165) is 13.0 Å². The Morgan fingerprint density at radius 2 is 1.41 bits per heavy atom. The van der Waals surface area contributed by atoms with Crippen LogP contribution in [0.4, 0.5) is 0 Å². The van der Waals surface area contributed by atoms with E-state index < -0.39 is 22.8 Å². The Morgan fingerprint density at radius 3 is 1.95 bits per heavy atom. The van der Waals surface area contributed by atoms with E-state index in [9.17, 15) is 5.11 Å². The molecule has 0 aromatic heterocycles. The first-order chi connectivity index (χ1) is 17.5. The summed E-state index contributed by atoms with van der Waals surface area (Å²) in [7, 11) is 0. The predicted octanol–water partition coefficient (Wildman–Crippen LogP) is 4.84. The molecule has 0 radical (unpaired) electrons. The van der Waals surface area contributed by atoms with Crippen molar-refractivity contribution in [2.75, 3.05) is 39.6 Å². The predicted molar refractivity (Wildman–Crippen MR) is 159 cm³/mol. The number of aliphatic hydroxyl groups excluding tert-OH is 1. The molecule has 0 aliphatic carbocycles. The number of ether oxygens (including phenoxy) is 5. The minimum absolute atomic E-state index is 0.186. The van der Waals surface area contributed by atoms with Gasteiger partial charge in [-0.05, 0) is 102 Å². The Kier molecular flexibility index (Phi) is 13.4. The highest BCUT2D eigenvalue weighted by Gasteiger charge is 2.40. The number of aliphatic hydroxyl groups is 1. The number of hydrogen-bond donors (Lipinski definition) is 3. The third kappa shape index (κ3) is 14.9. The minimum Gasteiger partial charge on any atom is -0.392 e. The normalized spacial score (nSPS) is 20.5. The molecule has 1 aliphatic rings. The number of nitrogens with two attached hydrogens (primary N) is 1. The molecule has 8 heteroatoms. The zero-order valence-corrected chi connectivity index (χ0v) is 27.7. The van der Waals surface area contributed by atoms with Gasteiger partial charge in [0.1, 0.15) is 6.10 Å². The van der Waals surface area contributed by atoms with Crippen LogP contribution in [0.15, 0.2) is 0 Å². The van der Waals surface area contributed by atoms with Crippen molar-refractivity contribution in [2.45, 2.75) is 155 Å². The van der Waals surface area contributed by atoms with Crippen LogP contribution >= 0.6 is 0 Å². The lowest BCUT2D eigenvalue weighted by Crippen LogP contribution is -2.58. The number of β-amino-alcohol motifs (C(OH)–C–C–N with tert-alkyl or cyclic N) is 1. The Morgan fingerprint density at radius 1 is 0.846 bits per heavy atom. The average Bonchev–Trinajstić information content (AvgIpc) is 3.57. The maximum absolute atomic E-state index is 10.8. The maximum Gasteiger partial charge on any atom is 0.104 e. The van der Waals surface area contributed by atoms with E-state index in [2.05, 4.69) is 74.6 Å². The number of rotatable bonds is 20. The van der Waals surface area contributed by atoms with Gasteiger partial charge in [0.2, 0.25) is 0 Å². The van der Waals surface area contributed by atoms with E-state index in [1.54, 1.807) is 0 Å². The lowest BCUT2D eigenvalue weighted by molar-refractivity contribution is -0.101. The molecule has 1 fully saturated rings. The van der Waals surface area contributed by atoms with Gasteiger partial charge in [-0.2, -0.15) is 0 Å². The summed E-state index contributed by atoms with van der Waals surface area (Å²) in [5.41, 5.74) is 4.49. The van der Waals surface area contributed by atoms with Crippen molar-refractivity contribution < 1.29 is 28.8 Å². The van der Waals surface area contributed by atoms with Crippen LogP contribution < -0.4 is 11.1 Å². The lowest BCUT2D eigenvalue weighted by Gasteiger charge is -2.43. The molecule has 39 heavy (non-hydrogen) atoms. The molecule has 4 atom stereocenters. The summed E-state index contributed by atoms with van der Waals surface area (Å²) in [6.45, 7) is 30.6. The van der Waals surface area contributed by atoms with Crippen molar-refractivity contribution in [3.8, 4) is 0 Å². The van der Waals surface area contributed by atoms with Gasteiger partial charge in [0.25, 0.3) is 0 Å². The van der Waals surface area contributed by atoms with Gasteiger partial charge in [0.15, 0.2) is 0 Å². The van der Waals surface area contributed by atoms with E-state index >= 15 is 0 Å². The molecular weight excluding hydrogens is 496 g/mol. The van der Waals surface area contributed by atoms with Crippen molar-refractivity contribution in [2.24, 2.45) is 11.7 Å². The van der Waals surface area contributed by atoms with Crippen LogP contribution in [0.25, 0.3) is 0 Å². The Balaban J connectivity index is 2.45. The van der Waals surface area contributed by atoms with E-state index in [-0.39, 0.29) is 28.8 Å². The summed E-state index contributed by atoms with van der Waals surface area (Å²) >= 11 is 0. The van der Waals surface area contributed by atoms with Crippen molar-refractivity contribution in [1.29, 1.82) is 0 Å². The van der Waals surface area contributed by atoms with Gasteiger partial charge in [-0.25, -0.2) is 0 Å². The van der Waals surface area contributed by atoms with Crippen LogP contribution in [0.3, 0.4) is 0 Å². The molecule has 4 unspecified atom stereocenters. The van der Waals surface area contributed by atoms with Gasteiger partial charge in [0, 0.05) is 30.7 Å². The minimum atomic E-state index is -0.537. The molecular formula is C31H64N2O6. The third-order valence-corrected chi connectivity index (χ3v) is 8.24. The quantitative estimate of drug-likeness (QED) is 0.182. The standard InChI is InChI=1S/C31H64N2O6/c1-23(20-39-30(11,12)31(13,32)15-17-36-26(2,3)4)29(9,10)33-19-24(34)18-28(7,8)37-16-14-27(5,6)38-22-25-21-35-25/h23-25,33-34H,14-22,32H2,1-13H3. The molecule has 234 valence electrons. The first-order valence-corrected chi connectivity index (χ1v) is 14.9. The molecule has 0 bridgehead atoms. The zero-order valence-electron chi connectivity index (χ0n) is 27.7. The molecule has 0 spiro atoms. The topological polar surface area (TPSA) is 108 Å². The Bertz CT molecular complexity index is 710. The lowest BCUT2D eigenvalue weighted by atomic mass is 9.81. The highest BCUT2D eigenvalue weighted by atomic mass is 16.6. The second-order valence-corrected chi connectivity index (χ2v) is 15.2. The highest BCUT2D eigenvalue weighted by Crippen LogP contribution is 2.30. The van der Waals surface area contributed by atoms with Gasteiger partial charge in [0.05, 0.1) is 54.9 Å². The van der Waals surface area contributed by atoms with Crippen molar-refractivity contribution in [1.82, 2.24) is 5.32 Å². The van der Waals surface area contributed by atoms with Crippen molar-refractivity contribution in [3.63, 3.8) is 0 Å². The monoisotopic (exact) mass is 560 g/mol. The molecule has 4 N–H and O–H groups in total. The second kappa shape index (κ2) is 14.2. The Labute approximate surface area is 240 Å². The zero-order chi connectivity index (χ0) is 30.3. The molecule has 0 saturated carbocycles. The van der Waals surface area contributed by atoms with E-state index in [1.165, 1.54) is 0 Å². The van der Waals surface area contributed by atoms with E-state index in [4.69, 9.17) is 29.4 Å². The number of hydrogen-bond acceptors (Lipinski definition) is 8. The van der Waals surface area contributed by atoms with Gasteiger partial charge in [-0.3, -0.25) is 0 Å². The van der Waals surface area contributed by atoms with Crippen LogP contribution in [0.2, 0.25) is 0 Å². The van der Waals surface area contributed by atoms with Crippen LogP contribution in [-0.4, -0.2) is 90.4 Å². The number of epoxide rings is 1. The summed E-state index contributed by atoms with van der Waals surface area (Å²) < 4.78 is 29.6. The second-order valence-electron chi connectivity index (χ2n) is 15.2. The first-order valence-electron chi connectivity index (χ1n) is 14.9. The summed E-state index contributed by atoms with van der Waals surface area (Å²) in [4.78, 5) is 0. The number of nitrogens with one attached hydrogen (secondary N) is 1. The smallest absolute Gasteiger partial charge is 0.104 e. The van der Waals surface area contributed by atoms with Crippen LogP contribution in [0, 0.1) is 5.92 Å². The molecule has 1 aliphatic heterocycles. The largest absolute Gasteiger partial charge is 0.392 e. The SMILES string of the molecule is CC(COC(C)(C)C(C)(N)CCOC(C)(C)C)C(C)(C)NCC(O)CC(C)(C)OCCC(C)(C)OCC1CO1. The van der Waals surface area contributed by atoms with Crippen molar-refractivity contribution >= 4 is 0 Å².